The smallest absolute Gasteiger partial charge is 0.334 e. The van der Waals surface area contributed by atoms with Crippen LogP contribution in [0.4, 0.5) is 0 Å². The highest BCUT2D eigenvalue weighted by Gasteiger charge is 2.13. The Morgan fingerprint density at radius 2 is 2.44 bits per heavy atom. The van der Waals surface area contributed by atoms with Gasteiger partial charge in [-0.2, -0.15) is 0 Å². The fourth-order valence-electron chi connectivity index (χ4n) is 0.304. The molecule has 0 radical (unpaired) electrons. The predicted octanol–water partition coefficient (Wildman–Crippen LogP) is 1.48. The van der Waals surface area contributed by atoms with Crippen molar-refractivity contribution >= 4 is 29.3 Å². The van der Waals surface area contributed by atoms with Crippen LogP contribution in [0.15, 0.2) is 0 Å². The number of alkyl halides is 1. The molecule has 0 saturated carbocycles. The number of hydrogen-bond donors (Lipinski definition) is 0. The molecule has 0 rings (SSSR count). The quantitative estimate of drug-likeness (QED) is 0.472. The Morgan fingerprint density at radius 1 is 1.89 bits per heavy atom. The fraction of sp³-hybridized carbons (Fsp3) is 0.800. The van der Waals surface area contributed by atoms with Crippen LogP contribution in [0.5, 0.6) is 0 Å². The van der Waals surface area contributed by atoms with Gasteiger partial charge in [-0.05, 0) is 13.2 Å². The first kappa shape index (κ1) is 9.11. The Labute approximate surface area is 63.9 Å². The van der Waals surface area contributed by atoms with Gasteiger partial charge in [0, 0.05) is 0 Å². The summed E-state index contributed by atoms with van der Waals surface area (Å²) >= 11 is 6.75. The van der Waals surface area contributed by atoms with Crippen molar-refractivity contribution in [3.05, 3.63) is 0 Å². The van der Waals surface area contributed by atoms with E-state index in [1.807, 2.05) is 0 Å². The van der Waals surface area contributed by atoms with Gasteiger partial charge in [0.05, 0.1) is 6.61 Å². The van der Waals surface area contributed by atoms with Crippen LogP contribution in [-0.2, 0) is 9.53 Å². The summed E-state index contributed by atoms with van der Waals surface area (Å²) in [6, 6.07) is 0. The lowest BCUT2D eigenvalue weighted by Gasteiger charge is -2.03. The monoisotopic (exact) mass is 168 g/mol. The summed E-state index contributed by atoms with van der Waals surface area (Å²) in [6.07, 6.45) is 1.76. The minimum Gasteiger partial charge on any atom is -0.464 e. The van der Waals surface area contributed by atoms with Crippen molar-refractivity contribution in [2.24, 2.45) is 0 Å². The third kappa shape index (κ3) is 3.65. The van der Waals surface area contributed by atoms with Crippen LogP contribution in [0.1, 0.15) is 6.92 Å². The SMILES string of the molecule is CCOC(=O)[C@H](Cl)SC. The minimum absolute atomic E-state index is 0.355. The largest absolute Gasteiger partial charge is 0.464 e. The Bertz CT molecular complexity index is 97.0. The van der Waals surface area contributed by atoms with Crippen molar-refractivity contribution in [2.45, 2.75) is 11.6 Å². The summed E-state index contributed by atoms with van der Waals surface area (Å²) in [6.45, 7) is 2.14. The van der Waals surface area contributed by atoms with Crippen LogP contribution in [0.3, 0.4) is 0 Å². The number of halogens is 1. The first-order valence-corrected chi connectivity index (χ1v) is 4.28. The Hall–Kier alpha value is 0.110. The number of carbonyl (C=O) groups is 1. The molecule has 0 bridgehead atoms. The molecule has 0 aromatic carbocycles. The van der Waals surface area contributed by atoms with E-state index in [-0.39, 0.29) is 5.97 Å². The van der Waals surface area contributed by atoms with E-state index in [4.69, 9.17) is 11.6 Å². The second-order valence-corrected chi connectivity index (χ2v) is 2.94. The van der Waals surface area contributed by atoms with E-state index >= 15 is 0 Å². The summed E-state index contributed by atoms with van der Waals surface area (Å²) in [5.41, 5.74) is 0. The summed E-state index contributed by atoms with van der Waals surface area (Å²) in [7, 11) is 0. The van der Waals surface area contributed by atoms with Gasteiger partial charge in [-0.15, -0.1) is 11.8 Å². The molecule has 0 fully saturated rings. The zero-order valence-corrected chi connectivity index (χ0v) is 6.96. The van der Waals surface area contributed by atoms with Crippen molar-refractivity contribution in [1.29, 1.82) is 0 Å². The Balaban J connectivity index is 3.46. The predicted molar refractivity (Wildman–Crippen MR) is 39.8 cm³/mol. The van der Waals surface area contributed by atoms with Gasteiger partial charge < -0.3 is 4.74 Å². The number of hydrogen-bond acceptors (Lipinski definition) is 3. The first-order chi connectivity index (χ1) is 4.22. The molecule has 0 aliphatic carbocycles. The molecule has 0 N–H and O–H groups in total. The zero-order valence-electron chi connectivity index (χ0n) is 5.39. The lowest BCUT2D eigenvalue weighted by molar-refractivity contribution is -0.140. The highest BCUT2D eigenvalue weighted by atomic mass is 35.5. The minimum atomic E-state index is -0.551. The second-order valence-electron chi connectivity index (χ2n) is 1.30. The van der Waals surface area contributed by atoms with Crippen LogP contribution < -0.4 is 0 Å². The lowest BCUT2D eigenvalue weighted by atomic mass is 10.7. The molecule has 0 aliphatic heterocycles. The van der Waals surface area contributed by atoms with Crippen LogP contribution in [0, 0.1) is 0 Å². The molecule has 0 amide bonds. The van der Waals surface area contributed by atoms with E-state index < -0.39 is 4.71 Å². The number of thioether (sulfide) groups is 1. The average Bonchev–Trinajstić information content (AvgIpc) is 1.87. The third-order valence-corrected chi connectivity index (χ3v) is 2.00. The standard InChI is InChI=1S/C5H9ClO2S/c1-3-8-5(7)4(6)9-2/h4H,3H2,1-2H3/t4-/m1/s1. The molecule has 0 aromatic heterocycles. The van der Waals surface area contributed by atoms with E-state index in [2.05, 4.69) is 4.74 Å². The summed E-state index contributed by atoms with van der Waals surface area (Å²) in [5.74, 6) is -0.355. The van der Waals surface area contributed by atoms with Gasteiger partial charge in [0.15, 0.2) is 4.71 Å². The van der Waals surface area contributed by atoms with Gasteiger partial charge in [-0.3, -0.25) is 0 Å². The van der Waals surface area contributed by atoms with E-state index in [0.717, 1.165) is 0 Å². The van der Waals surface area contributed by atoms with Crippen LogP contribution in [0.2, 0.25) is 0 Å². The van der Waals surface area contributed by atoms with Gasteiger partial charge in [-0.1, -0.05) is 11.6 Å². The zero-order chi connectivity index (χ0) is 7.28. The van der Waals surface area contributed by atoms with Crippen LogP contribution >= 0.6 is 23.4 Å². The van der Waals surface area contributed by atoms with E-state index in [1.54, 1.807) is 13.2 Å². The summed E-state index contributed by atoms with van der Waals surface area (Å²) < 4.78 is 4.05. The number of esters is 1. The molecule has 2 nitrogen and oxygen atoms in total. The molecule has 0 saturated heterocycles. The molecule has 0 spiro atoms. The average molecular weight is 169 g/mol. The second kappa shape index (κ2) is 4.94. The van der Waals surface area contributed by atoms with Crippen molar-refractivity contribution < 1.29 is 9.53 Å². The van der Waals surface area contributed by atoms with Gasteiger partial charge in [-0.25, -0.2) is 4.79 Å². The lowest BCUT2D eigenvalue weighted by Crippen LogP contribution is -2.13. The molecule has 9 heavy (non-hydrogen) atoms. The molecule has 1 atom stereocenters. The maximum absolute atomic E-state index is 10.6. The molecule has 0 heterocycles. The van der Waals surface area contributed by atoms with E-state index in [0.29, 0.717) is 6.61 Å². The molecule has 54 valence electrons. The third-order valence-electron chi connectivity index (χ3n) is 0.679. The van der Waals surface area contributed by atoms with Gasteiger partial charge in [0.25, 0.3) is 0 Å². The fourth-order valence-corrected chi connectivity index (χ4v) is 0.627. The van der Waals surface area contributed by atoms with Gasteiger partial charge in [0.1, 0.15) is 0 Å². The number of ether oxygens (including phenoxy) is 1. The summed E-state index contributed by atoms with van der Waals surface area (Å²) in [4.78, 5) is 10.6. The van der Waals surface area contributed by atoms with Crippen molar-refractivity contribution in [2.75, 3.05) is 12.9 Å². The highest BCUT2D eigenvalue weighted by molar-refractivity contribution is 8.01. The van der Waals surface area contributed by atoms with Crippen LogP contribution in [0.25, 0.3) is 0 Å². The molecular weight excluding hydrogens is 160 g/mol. The number of carbonyl (C=O) groups excluding carboxylic acids is 1. The summed E-state index contributed by atoms with van der Waals surface area (Å²) in [5, 5.41) is 0. The molecule has 4 heteroatoms. The maximum Gasteiger partial charge on any atom is 0.334 e. The maximum atomic E-state index is 10.6. The van der Waals surface area contributed by atoms with Gasteiger partial charge >= 0.3 is 5.97 Å². The van der Waals surface area contributed by atoms with E-state index in [9.17, 15) is 4.79 Å². The normalized spacial score (nSPS) is 12.8. The molecular formula is C5H9ClO2S. The Kier molecular flexibility index (Phi) is 5.00. The molecule has 0 aliphatic rings. The van der Waals surface area contributed by atoms with Crippen molar-refractivity contribution in [3.8, 4) is 0 Å². The topological polar surface area (TPSA) is 26.3 Å². The Morgan fingerprint density at radius 3 is 2.78 bits per heavy atom. The van der Waals surface area contributed by atoms with Crippen molar-refractivity contribution in [3.63, 3.8) is 0 Å². The highest BCUT2D eigenvalue weighted by Crippen LogP contribution is 2.12. The number of rotatable bonds is 3. The van der Waals surface area contributed by atoms with Crippen molar-refractivity contribution in [1.82, 2.24) is 0 Å². The van der Waals surface area contributed by atoms with Gasteiger partial charge in [0.2, 0.25) is 0 Å². The molecule has 0 unspecified atom stereocenters. The van der Waals surface area contributed by atoms with Crippen LogP contribution in [-0.4, -0.2) is 23.5 Å². The van der Waals surface area contributed by atoms with E-state index in [1.165, 1.54) is 11.8 Å². The first-order valence-electron chi connectivity index (χ1n) is 2.55. The molecule has 0 aromatic rings.